The third-order valence-electron chi connectivity index (χ3n) is 3.27. The van der Waals surface area contributed by atoms with E-state index in [2.05, 4.69) is 10.4 Å². The molecule has 0 bridgehead atoms. The Hall–Kier alpha value is -3.89. The molecule has 8 nitrogen and oxygen atoms in total. The second-order valence-corrected chi connectivity index (χ2v) is 5.56. The van der Waals surface area contributed by atoms with Gasteiger partial charge in [0.15, 0.2) is 6.61 Å². The number of halogens is 3. The van der Waals surface area contributed by atoms with Crippen molar-refractivity contribution in [3.8, 4) is 5.75 Å². The Bertz CT molecular complexity index is 945. The number of amides is 3. The number of nitrogens with zero attached hydrogens (tertiary/aromatic N) is 1. The number of carbonyl (C=O) groups excluding carboxylic acids is 3. The van der Waals surface area contributed by atoms with Gasteiger partial charge in [-0.1, -0.05) is 18.2 Å². The smallest absolute Gasteiger partial charge is 0.416 e. The molecule has 0 heterocycles. The van der Waals surface area contributed by atoms with E-state index in [-0.39, 0.29) is 12.3 Å². The number of anilines is 1. The van der Waals surface area contributed by atoms with Crippen LogP contribution in [-0.4, -0.2) is 30.5 Å². The lowest BCUT2D eigenvalue weighted by atomic mass is 10.2. The molecule has 11 heteroatoms. The summed E-state index contributed by atoms with van der Waals surface area (Å²) in [7, 11) is 0. The molecule has 0 atom stereocenters. The Kier molecular flexibility index (Phi) is 6.90. The zero-order valence-corrected chi connectivity index (χ0v) is 14.7. The van der Waals surface area contributed by atoms with Gasteiger partial charge in [0.1, 0.15) is 5.75 Å². The molecule has 4 N–H and O–H groups in total. The lowest BCUT2D eigenvalue weighted by Crippen LogP contribution is -2.32. The molecule has 0 saturated heterocycles. The van der Waals surface area contributed by atoms with Crippen LogP contribution < -0.4 is 21.2 Å². The highest BCUT2D eigenvalue weighted by molar-refractivity contribution is 6.39. The minimum atomic E-state index is -4.58. The van der Waals surface area contributed by atoms with Crippen molar-refractivity contribution in [1.82, 2.24) is 5.43 Å². The van der Waals surface area contributed by atoms with Crippen molar-refractivity contribution in [1.29, 1.82) is 0 Å². The highest BCUT2D eigenvalue weighted by Crippen LogP contribution is 2.30. The highest BCUT2D eigenvalue weighted by atomic mass is 19.4. The fraction of sp³-hybridized carbons (Fsp3) is 0.111. The van der Waals surface area contributed by atoms with Crippen molar-refractivity contribution in [2.24, 2.45) is 10.8 Å². The van der Waals surface area contributed by atoms with E-state index in [4.69, 9.17) is 10.5 Å². The van der Waals surface area contributed by atoms with Crippen molar-refractivity contribution in [3.63, 3.8) is 0 Å². The molecule has 152 valence electrons. The standard InChI is InChI=1S/C18H15F3N4O4/c19-18(20,21)12-4-2-5-13(8-12)24-16(27)17(28)25-23-9-11-3-1-6-14(7-11)29-10-15(22)26/h1-9H,10H2,(H2,22,26)(H,24,27)(H,25,28)/b23-9+. The van der Waals surface area contributed by atoms with E-state index < -0.39 is 29.5 Å². The molecule has 0 aromatic heterocycles. The summed E-state index contributed by atoms with van der Waals surface area (Å²) in [6.07, 6.45) is -3.38. The van der Waals surface area contributed by atoms with Gasteiger partial charge >= 0.3 is 18.0 Å². The number of carbonyl (C=O) groups is 3. The largest absolute Gasteiger partial charge is 0.484 e. The monoisotopic (exact) mass is 408 g/mol. The summed E-state index contributed by atoms with van der Waals surface area (Å²) in [6.45, 7) is -0.312. The van der Waals surface area contributed by atoms with E-state index in [9.17, 15) is 27.6 Å². The van der Waals surface area contributed by atoms with E-state index in [0.717, 1.165) is 12.1 Å². The van der Waals surface area contributed by atoms with Crippen LogP contribution in [0.3, 0.4) is 0 Å². The van der Waals surface area contributed by atoms with Crippen molar-refractivity contribution in [3.05, 3.63) is 59.7 Å². The van der Waals surface area contributed by atoms with Crippen LogP contribution in [0.1, 0.15) is 11.1 Å². The van der Waals surface area contributed by atoms with Crippen LogP contribution in [0.25, 0.3) is 0 Å². The van der Waals surface area contributed by atoms with Crippen LogP contribution in [-0.2, 0) is 20.6 Å². The molecule has 3 amide bonds. The van der Waals surface area contributed by atoms with Crippen LogP contribution in [0.5, 0.6) is 5.75 Å². The number of alkyl halides is 3. The third-order valence-corrected chi connectivity index (χ3v) is 3.27. The van der Waals surface area contributed by atoms with Gasteiger partial charge in [-0.25, -0.2) is 5.43 Å². The number of primary amides is 1. The first-order chi connectivity index (χ1) is 13.6. The first-order valence-electron chi connectivity index (χ1n) is 7.98. The predicted octanol–water partition coefficient (Wildman–Crippen LogP) is 1.66. The molecule has 2 aromatic carbocycles. The van der Waals surface area contributed by atoms with Gasteiger partial charge in [-0.3, -0.25) is 14.4 Å². The van der Waals surface area contributed by atoms with Gasteiger partial charge in [-0.15, -0.1) is 0 Å². The quantitative estimate of drug-likeness (QED) is 0.382. The molecule has 0 radical (unpaired) electrons. The maximum absolute atomic E-state index is 12.7. The maximum Gasteiger partial charge on any atom is 0.416 e. The first-order valence-corrected chi connectivity index (χ1v) is 7.98. The Balaban J connectivity index is 1.93. The fourth-order valence-corrected chi connectivity index (χ4v) is 2.02. The minimum Gasteiger partial charge on any atom is -0.484 e. The lowest BCUT2D eigenvalue weighted by molar-refractivity contribution is -0.137. The van der Waals surface area contributed by atoms with Gasteiger partial charge in [0.05, 0.1) is 11.8 Å². The zero-order chi connectivity index (χ0) is 21.4. The Morgan fingerprint density at radius 3 is 2.48 bits per heavy atom. The van der Waals surface area contributed by atoms with Gasteiger partial charge in [0, 0.05) is 5.69 Å². The average molecular weight is 408 g/mol. The fourth-order valence-electron chi connectivity index (χ4n) is 2.02. The van der Waals surface area contributed by atoms with E-state index >= 15 is 0 Å². The first kappa shape index (κ1) is 21.4. The van der Waals surface area contributed by atoms with Crippen molar-refractivity contribution >= 4 is 29.6 Å². The Labute approximate surface area is 162 Å². The summed E-state index contributed by atoms with van der Waals surface area (Å²) in [5.41, 5.74) is 6.24. The van der Waals surface area contributed by atoms with Crippen LogP contribution in [0.15, 0.2) is 53.6 Å². The van der Waals surface area contributed by atoms with Crippen LogP contribution in [0.2, 0.25) is 0 Å². The predicted molar refractivity (Wildman–Crippen MR) is 96.9 cm³/mol. The molecular formula is C18H15F3N4O4. The summed E-state index contributed by atoms with van der Waals surface area (Å²) in [6, 6.07) is 10.1. The number of hydrogen-bond acceptors (Lipinski definition) is 5. The molecule has 0 fully saturated rings. The molecule has 0 unspecified atom stereocenters. The number of nitrogens with two attached hydrogens (primary N) is 1. The van der Waals surface area contributed by atoms with Gasteiger partial charge in [-0.2, -0.15) is 18.3 Å². The summed E-state index contributed by atoms with van der Waals surface area (Å²) < 4.78 is 43.1. The van der Waals surface area contributed by atoms with Gasteiger partial charge < -0.3 is 15.8 Å². The number of rotatable bonds is 6. The Morgan fingerprint density at radius 2 is 1.79 bits per heavy atom. The molecule has 0 spiro atoms. The molecule has 0 aliphatic rings. The topological polar surface area (TPSA) is 123 Å². The number of hydrazone groups is 1. The SMILES string of the molecule is NC(=O)COc1cccc(/C=N/NC(=O)C(=O)Nc2cccc(C(F)(F)F)c2)c1. The van der Waals surface area contributed by atoms with E-state index in [0.29, 0.717) is 17.4 Å². The van der Waals surface area contributed by atoms with Crippen LogP contribution in [0, 0.1) is 0 Å². The normalized spacial score (nSPS) is 11.1. The highest BCUT2D eigenvalue weighted by Gasteiger charge is 2.30. The Morgan fingerprint density at radius 1 is 1.07 bits per heavy atom. The van der Waals surface area contributed by atoms with E-state index in [1.54, 1.807) is 18.2 Å². The molecule has 0 saturated carbocycles. The summed E-state index contributed by atoms with van der Waals surface area (Å²) in [4.78, 5) is 34.2. The van der Waals surface area contributed by atoms with Gasteiger partial charge in [-0.05, 0) is 35.9 Å². The van der Waals surface area contributed by atoms with Crippen molar-refractivity contribution in [2.45, 2.75) is 6.18 Å². The van der Waals surface area contributed by atoms with E-state index in [1.807, 2.05) is 5.43 Å². The number of hydrogen-bond donors (Lipinski definition) is 3. The zero-order valence-electron chi connectivity index (χ0n) is 14.7. The molecule has 0 aliphatic carbocycles. The van der Waals surface area contributed by atoms with Crippen molar-refractivity contribution < 1.29 is 32.3 Å². The van der Waals surface area contributed by atoms with Gasteiger partial charge in [0.2, 0.25) is 0 Å². The second kappa shape index (κ2) is 9.35. The third kappa shape index (κ3) is 6.97. The second-order valence-electron chi connectivity index (χ2n) is 5.56. The molecule has 0 aliphatic heterocycles. The number of benzene rings is 2. The average Bonchev–Trinajstić information content (AvgIpc) is 2.66. The van der Waals surface area contributed by atoms with Gasteiger partial charge in [0.25, 0.3) is 5.91 Å². The van der Waals surface area contributed by atoms with Crippen LogP contribution >= 0.6 is 0 Å². The molecular weight excluding hydrogens is 393 g/mol. The summed E-state index contributed by atoms with van der Waals surface area (Å²) in [5.74, 6) is -2.69. The molecule has 2 rings (SSSR count). The van der Waals surface area contributed by atoms with E-state index in [1.165, 1.54) is 18.3 Å². The molecule has 29 heavy (non-hydrogen) atoms. The summed E-state index contributed by atoms with van der Waals surface area (Å²) in [5, 5.41) is 5.64. The summed E-state index contributed by atoms with van der Waals surface area (Å²) >= 11 is 0. The molecule has 2 aromatic rings. The maximum atomic E-state index is 12.7. The minimum absolute atomic E-state index is 0.191. The lowest BCUT2D eigenvalue weighted by Gasteiger charge is -2.09. The number of nitrogens with one attached hydrogen (secondary N) is 2. The van der Waals surface area contributed by atoms with Crippen LogP contribution in [0.4, 0.5) is 18.9 Å². The van der Waals surface area contributed by atoms with Crippen molar-refractivity contribution in [2.75, 3.05) is 11.9 Å². The number of ether oxygens (including phenoxy) is 1.